The van der Waals surface area contributed by atoms with Gasteiger partial charge in [0.05, 0.1) is 44.1 Å². The quantitative estimate of drug-likeness (QED) is 0.0983. The Morgan fingerprint density at radius 2 is 1.08 bits per heavy atom. The summed E-state index contributed by atoms with van der Waals surface area (Å²) in [4.78, 5) is 11.6. The minimum absolute atomic E-state index is 0.253. The Kier molecular flexibility index (Phi) is 13.0. The van der Waals surface area contributed by atoms with Crippen LogP contribution in [0.25, 0.3) is 10.9 Å². The van der Waals surface area contributed by atoms with Crippen molar-refractivity contribution in [2.45, 2.75) is 70.4 Å². The van der Waals surface area contributed by atoms with Crippen LogP contribution in [-0.2, 0) is 56.7 Å². The molecule has 1 N–H and O–H groups in total. The van der Waals surface area contributed by atoms with E-state index in [9.17, 15) is 9.90 Å². The predicted molar refractivity (Wildman–Crippen MR) is 228 cm³/mol. The number of aromatic nitrogens is 1. The molecule has 0 spiro atoms. The van der Waals surface area contributed by atoms with Crippen molar-refractivity contribution < 1.29 is 33.6 Å². The van der Waals surface area contributed by atoms with Gasteiger partial charge in [0.25, 0.3) is 0 Å². The Morgan fingerprint density at radius 3 is 1.63 bits per heavy atom. The molecule has 0 unspecified atom stereocenters. The van der Waals surface area contributed by atoms with Gasteiger partial charge in [0.2, 0.25) is 0 Å². The molecule has 7 aromatic rings. The number of fused-ring (bicyclic) bond motifs is 1. The number of carboxylic acids is 1. The van der Waals surface area contributed by atoms with E-state index in [1.165, 1.54) is 0 Å². The highest BCUT2D eigenvalue weighted by Crippen LogP contribution is 2.42. The first-order valence-corrected chi connectivity index (χ1v) is 20.1. The molecule has 300 valence electrons. The van der Waals surface area contributed by atoms with Crippen molar-refractivity contribution in [3.05, 3.63) is 214 Å². The van der Waals surface area contributed by atoms with E-state index >= 15 is 0 Å². The monoisotopic (exact) mass is 787 g/mol. The number of ether oxygens (including phenoxy) is 5. The lowest BCUT2D eigenvalue weighted by molar-refractivity contribution is -0.274. The first kappa shape index (κ1) is 39.9. The average Bonchev–Trinajstić information content (AvgIpc) is 3.65. The number of nitrogens with zero attached hydrogens (tertiary/aromatic N) is 1. The molecule has 8 rings (SSSR count). The van der Waals surface area contributed by atoms with Crippen LogP contribution in [-0.4, -0.2) is 46.7 Å². The number of rotatable bonds is 17. The van der Waals surface area contributed by atoms with Crippen molar-refractivity contribution >= 4 is 16.9 Å². The maximum absolute atomic E-state index is 11.6. The highest BCUT2D eigenvalue weighted by atomic mass is 16.6. The number of hydrogen-bond acceptors (Lipinski definition) is 6. The summed E-state index contributed by atoms with van der Waals surface area (Å²) in [6, 6.07) is 54.0. The molecule has 0 amide bonds. The molecule has 1 aliphatic rings. The Balaban J connectivity index is 1.21. The molecule has 0 saturated carbocycles. The normalized spacial score (nSPS) is 19.2. The van der Waals surface area contributed by atoms with Gasteiger partial charge >= 0.3 is 5.97 Å². The Morgan fingerprint density at radius 1 is 0.576 bits per heavy atom. The van der Waals surface area contributed by atoms with E-state index in [0.29, 0.717) is 33.0 Å². The van der Waals surface area contributed by atoms with Gasteiger partial charge in [-0.3, -0.25) is 0 Å². The van der Waals surface area contributed by atoms with Gasteiger partial charge in [-0.2, -0.15) is 0 Å². The molecule has 1 fully saturated rings. The molecule has 1 aliphatic heterocycles. The van der Waals surface area contributed by atoms with Crippen molar-refractivity contribution in [2.75, 3.05) is 6.61 Å². The molecular weight excluding hydrogens is 739 g/mol. The van der Waals surface area contributed by atoms with Crippen LogP contribution >= 0.6 is 0 Å². The molecule has 59 heavy (non-hydrogen) atoms. The van der Waals surface area contributed by atoms with Crippen LogP contribution in [0.15, 0.2) is 170 Å². The second kappa shape index (κ2) is 19.3. The van der Waals surface area contributed by atoms with E-state index in [1.54, 1.807) is 12.1 Å². The van der Waals surface area contributed by atoms with Gasteiger partial charge in [0.1, 0.15) is 30.5 Å². The Bertz CT molecular complexity index is 2380. The first-order valence-electron chi connectivity index (χ1n) is 20.1. The summed E-state index contributed by atoms with van der Waals surface area (Å²) in [6.45, 7) is 4.35. The minimum atomic E-state index is -0.950. The number of para-hydroxylation sites is 1. The highest BCUT2D eigenvalue weighted by molar-refractivity contribution is 5.88. The number of aromatic carboxylic acids is 1. The highest BCUT2D eigenvalue weighted by Gasteiger charge is 2.49. The summed E-state index contributed by atoms with van der Waals surface area (Å²) < 4.78 is 37.0. The first-order chi connectivity index (χ1) is 29.0. The molecule has 8 heteroatoms. The summed E-state index contributed by atoms with van der Waals surface area (Å²) in [6.07, 6.45) is -0.682. The molecule has 0 radical (unpaired) electrons. The van der Waals surface area contributed by atoms with Gasteiger partial charge in [-0.25, -0.2) is 4.79 Å². The van der Waals surface area contributed by atoms with Crippen LogP contribution in [0.1, 0.15) is 55.4 Å². The smallest absolute Gasteiger partial charge is 0.335 e. The Labute approximate surface area is 345 Å². The standard InChI is InChI=1S/C51H49NO7/c1-36-15-14-24-43-44(30-52(46(36)43)29-37-25-27-42(28-26-37)51(53)54)47-49(57-33-40-20-10-4-11-21-40)50(58-34-41-22-12-5-13-23-41)48(56-32-39-18-8-3-9-19-39)45(59-47)35-55-31-38-16-6-2-7-17-38/h2-28,30,45,47-50H,29,31-35H2,1H3,(H,53,54)/t45-,47+,48-,49+,50+/m1/s1. The molecule has 5 atom stereocenters. The lowest BCUT2D eigenvalue weighted by atomic mass is 9.90. The summed E-state index contributed by atoms with van der Waals surface area (Å²) in [5, 5.41) is 10.6. The van der Waals surface area contributed by atoms with Gasteiger partial charge in [0.15, 0.2) is 0 Å². The van der Waals surface area contributed by atoms with E-state index in [1.807, 2.05) is 84.9 Å². The molecule has 2 heterocycles. The van der Waals surface area contributed by atoms with Crippen molar-refractivity contribution in [1.29, 1.82) is 0 Å². The van der Waals surface area contributed by atoms with Crippen LogP contribution < -0.4 is 0 Å². The second-order valence-electron chi connectivity index (χ2n) is 15.1. The summed E-state index contributed by atoms with van der Waals surface area (Å²) in [7, 11) is 0. The number of hydrogen-bond donors (Lipinski definition) is 1. The average molecular weight is 788 g/mol. The van der Waals surface area contributed by atoms with Gasteiger partial charge in [-0.1, -0.05) is 152 Å². The van der Waals surface area contributed by atoms with Crippen LogP contribution in [0.5, 0.6) is 0 Å². The fourth-order valence-corrected chi connectivity index (χ4v) is 7.92. The van der Waals surface area contributed by atoms with Crippen molar-refractivity contribution in [2.24, 2.45) is 0 Å². The van der Waals surface area contributed by atoms with E-state index in [0.717, 1.165) is 49.8 Å². The topological polar surface area (TPSA) is 88.4 Å². The van der Waals surface area contributed by atoms with Crippen molar-refractivity contribution in [3.8, 4) is 0 Å². The Hall–Kier alpha value is -5.87. The number of carboxylic acid groups (broad SMARTS) is 1. The fourth-order valence-electron chi connectivity index (χ4n) is 7.92. The van der Waals surface area contributed by atoms with E-state index in [-0.39, 0.29) is 12.2 Å². The lowest BCUT2D eigenvalue weighted by Gasteiger charge is -2.46. The second-order valence-corrected chi connectivity index (χ2v) is 15.1. The van der Waals surface area contributed by atoms with E-state index in [2.05, 4.69) is 84.4 Å². The van der Waals surface area contributed by atoms with Crippen LogP contribution in [0.4, 0.5) is 0 Å². The summed E-state index contributed by atoms with van der Waals surface area (Å²) in [5.74, 6) is -0.950. The third-order valence-corrected chi connectivity index (χ3v) is 10.9. The number of aryl methyl sites for hydroxylation is 1. The van der Waals surface area contributed by atoms with Gasteiger partial charge in [-0.15, -0.1) is 0 Å². The van der Waals surface area contributed by atoms with Crippen LogP contribution in [0, 0.1) is 6.92 Å². The summed E-state index contributed by atoms with van der Waals surface area (Å²) in [5.41, 5.74) is 8.55. The molecule has 1 aromatic heterocycles. The zero-order valence-corrected chi connectivity index (χ0v) is 33.1. The predicted octanol–water partition coefficient (Wildman–Crippen LogP) is 10.1. The van der Waals surface area contributed by atoms with Crippen LogP contribution in [0.2, 0.25) is 0 Å². The van der Waals surface area contributed by atoms with Gasteiger partial charge in [0, 0.05) is 23.7 Å². The molecule has 0 aliphatic carbocycles. The number of carbonyl (C=O) groups is 1. The molecule has 6 aromatic carbocycles. The third kappa shape index (κ3) is 9.88. The van der Waals surface area contributed by atoms with E-state index < -0.39 is 36.5 Å². The maximum Gasteiger partial charge on any atom is 0.335 e. The zero-order chi connectivity index (χ0) is 40.4. The molecule has 1 saturated heterocycles. The molecule has 8 nitrogen and oxygen atoms in total. The van der Waals surface area contributed by atoms with Crippen molar-refractivity contribution in [1.82, 2.24) is 4.57 Å². The van der Waals surface area contributed by atoms with Gasteiger partial charge in [-0.05, 0) is 52.4 Å². The van der Waals surface area contributed by atoms with E-state index in [4.69, 9.17) is 23.7 Å². The third-order valence-electron chi connectivity index (χ3n) is 10.9. The minimum Gasteiger partial charge on any atom is -0.478 e. The maximum atomic E-state index is 11.6. The van der Waals surface area contributed by atoms with Gasteiger partial charge < -0.3 is 33.4 Å². The molecule has 0 bridgehead atoms. The fraction of sp³-hybridized carbons (Fsp3) is 0.235. The van der Waals surface area contributed by atoms with Crippen molar-refractivity contribution in [3.63, 3.8) is 0 Å². The summed E-state index contributed by atoms with van der Waals surface area (Å²) >= 11 is 0. The van der Waals surface area contributed by atoms with Crippen LogP contribution in [0.3, 0.4) is 0 Å². The lowest BCUT2D eigenvalue weighted by Crippen LogP contribution is -2.58. The largest absolute Gasteiger partial charge is 0.478 e. The number of benzene rings is 6. The zero-order valence-electron chi connectivity index (χ0n) is 33.1. The SMILES string of the molecule is Cc1cccc2c([C@@H]3O[C@H](COCc4ccccc4)[C@@H](OCc4ccccc4)[C@H](OCc4ccccc4)[C@H]3OCc3ccccc3)cn(Cc3ccc(C(=O)O)cc3)c12. The molecular formula is C51H49NO7.